The van der Waals surface area contributed by atoms with Gasteiger partial charge in [0.2, 0.25) is 5.88 Å². The van der Waals surface area contributed by atoms with Gasteiger partial charge < -0.3 is 20.6 Å². The number of benzene rings is 1. The molecule has 0 aliphatic rings. The van der Waals surface area contributed by atoms with E-state index in [2.05, 4.69) is 15.5 Å². The molecule has 1 aromatic carbocycles. The Balaban J connectivity index is 2.33. The summed E-state index contributed by atoms with van der Waals surface area (Å²) in [6.45, 7) is 0.278. The van der Waals surface area contributed by atoms with Crippen LogP contribution in [0.1, 0.15) is 21.5 Å². The minimum Gasteiger partial charge on any atom is -0.493 e. The molecule has 0 saturated carbocycles. The summed E-state index contributed by atoms with van der Waals surface area (Å²) in [4.78, 5) is 34.7. The number of nitriles is 1. The molecule has 0 aliphatic carbocycles. The number of nitrogens with zero attached hydrogens (tertiary/aromatic N) is 4. The number of carbonyl (C=O) groups excluding carboxylic acids is 1. The fourth-order valence-electron chi connectivity index (χ4n) is 2.41. The van der Waals surface area contributed by atoms with Crippen molar-refractivity contribution in [1.82, 2.24) is 9.88 Å². The Morgan fingerprint density at radius 2 is 1.90 bits per heavy atom. The lowest BCUT2D eigenvalue weighted by Gasteiger charge is -2.11. The summed E-state index contributed by atoms with van der Waals surface area (Å²) >= 11 is 0. The van der Waals surface area contributed by atoms with Gasteiger partial charge in [-0.05, 0) is 31.2 Å². The third-order valence-electron chi connectivity index (χ3n) is 3.89. The highest BCUT2D eigenvalue weighted by atomic mass is 16.4. The van der Waals surface area contributed by atoms with Gasteiger partial charge in [0.05, 0.1) is 18.8 Å². The summed E-state index contributed by atoms with van der Waals surface area (Å²) in [7, 11) is 0. The van der Waals surface area contributed by atoms with Gasteiger partial charge in [-0.15, -0.1) is 5.11 Å². The number of rotatable bonds is 7. The van der Waals surface area contributed by atoms with Crippen LogP contribution in [0.3, 0.4) is 0 Å². The molecule has 0 saturated heterocycles. The van der Waals surface area contributed by atoms with E-state index >= 15 is 0 Å². The second-order valence-corrected chi connectivity index (χ2v) is 5.79. The lowest BCUT2D eigenvalue weighted by atomic mass is 10.1. The van der Waals surface area contributed by atoms with Crippen LogP contribution in [0.25, 0.3) is 0 Å². The first-order chi connectivity index (χ1) is 13.8. The van der Waals surface area contributed by atoms with E-state index in [9.17, 15) is 24.8 Å². The minimum atomic E-state index is -1.17. The maximum Gasteiger partial charge on any atom is 0.322 e. The summed E-state index contributed by atoms with van der Waals surface area (Å²) in [6, 6.07) is 7.47. The van der Waals surface area contributed by atoms with Crippen LogP contribution in [0.4, 0.5) is 11.4 Å². The van der Waals surface area contributed by atoms with Crippen molar-refractivity contribution in [3.63, 3.8) is 0 Å². The summed E-state index contributed by atoms with van der Waals surface area (Å²) in [5.74, 6) is -2.30. The quantitative estimate of drug-likeness (QED) is 0.501. The molecule has 0 spiro atoms. The molecule has 0 fully saturated rings. The Labute approximate surface area is 164 Å². The smallest absolute Gasteiger partial charge is 0.322 e. The highest BCUT2D eigenvalue weighted by Gasteiger charge is 2.18. The van der Waals surface area contributed by atoms with Crippen LogP contribution in [-0.2, 0) is 11.3 Å². The first-order valence-corrected chi connectivity index (χ1v) is 8.29. The maximum absolute atomic E-state index is 12.5. The number of aliphatic carboxylic acids is 1. The lowest BCUT2D eigenvalue weighted by Crippen LogP contribution is -2.29. The number of hydrogen-bond acceptors (Lipinski definition) is 8. The second kappa shape index (κ2) is 9.25. The highest BCUT2D eigenvalue weighted by Crippen LogP contribution is 2.26. The van der Waals surface area contributed by atoms with E-state index in [-0.39, 0.29) is 28.9 Å². The van der Waals surface area contributed by atoms with E-state index in [1.54, 1.807) is 6.07 Å². The van der Waals surface area contributed by atoms with Crippen molar-refractivity contribution in [3.05, 3.63) is 51.3 Å². The zero-order valence-corrected chi connectivity index (χ0v) is 15.3. The Kier molecular flexibility index (Phi) is 6.78. The third-order valence-corrected chi connectivity index (χ3v) is 3.89. The molecule has 0 bridgehead atoms. The summed E-state index contributed by atoms with van der Waals surface area (Å²) in [5, 5.41) is 46.9. The summed E-state index contributed by atoms with van der Waals surface area (Å²) < 4.78 is 0.829. The molecular weight excluding hydrogens is 382 g/mol. The molecule has 0 unspecified atom stereocenters. The first-order valence-electron chi connectivity index (χ1n) is 8.29. The minimum absolute atomic E-state index is 0.137. The van der Waals surface area contributed by atoms with Crippen LogP contribution in [0.15, 0.2) is 39.3 Å². The molecule has 1 aromatic heterocycles. The maximum atomic E-state index is 12.5. The van der Waals surface area contributed by atoms with Crippen LogP contribution in [0.5, 0.6) is 5.88 Å². The zero-order valence-electron chi connectivity index (χ0n) is 15.3. The standard InChI is InChI=1S/C18H17N5O6/c1-10-13(8-19)17(28)23(6-7-24)18(29)15(10)22-21-12-4-2-11(3-5-12)16(27)20-9-14(25)26/h2-5,24,28H,6-7,9H2,1H3,(H,20,27)(H,25,26). The summed E-state index contributed by atoms with van der Waals surface area (Å²) in [5.41, 5.74) is -0.408. The van der Waals surface area contributed by atoms with Crippen LogP contribution < -0.4 is 10.9 Å². The molecule has 1 heterocycles. The van der Waals surface area contributed by atoms with Gasteiger partial charge in [0.1, 0.15) is 18.2 Å². The predicted octanol–water partition coefficient (Wildman–Crippen LogP) is 0.956. The van der Waals surface area contributed by atoms with Crippen LogP contribution in [0, 0.1) is 18.3 Å². The van der Waals surface area contributed by atoms with Gasteiger partial charge in [-0.25, -0.2) is 0 Å². The van der Waals surface area contributed by atoms with E-state index in [0.29, 0.717) is 5.69 Å². The average Bonchev–Trinajstić information content (AvgIpc) is 2.70. The fraction of sp³-hybridized carbons (Fsp3) is 0.222. The van der Waals surface area contributed by atoms with E-state index in [1.807, 2.05) is 0 Å². The molecule has 4 N–H and O–H groups in total. The van der Waals surface area contributed by atoms with Crippen molar-refractivity contribution in [3.8, 4) is 11.9 Å². The zero-order chi connectivity index (χ0) is 21.6. The number of hydrogen-bond donors (Lipinski definition) is 4. The lowest BCUT2D eigenvalue weighted by molar-refractivity contribution is -0.135. The van der Waals surface area contributed by atoms with Crippen molar-refractivity contribution in [1.29, 1.82) is 5.26 Å². The van der Waals surface area contributed by atoms with Gasteiger partial charge in [0.25, 0.3) is 11.5 Å². The molecular formula is C18H17N5O6. The van der Waals surface area contributed by atoms with Gasteiger partial charge in [0.15, 0.2) is 5.69 Å². The molecule has 0 aliphatic heterocycles. The predicted molar refractivity (Wildman–Crippen MR) is 99.5 cm³/mol. The van der Waals surface area contributed by atoms with Crippen molar-refractivity contribution >= 4 is 23.3 Å². The van der Waals surface area contributed by atoms with Gasteiger partial charge in [-0.3, -0.25) is 19.0 Å². The number of carbonyl (C=O) groups is 2. The number of amides is 1. The largest absolute Gasteiger partial charge is 0.493 e. The number of aromatic hydroxyl groups is 1. The highest BCUT2D eigenvalue weighted by molar-refractivity contribution is 5.95. The first kappa shape index (κ1) is 21.3. The molecule has 2 rings (SSSR count). The molecule has 1 amide bonds. The van der Waals surface area contributed by atoms with Gasteiger partial charge in [-0.1, -0.05) is 0 Å². The third kappa shape index (κ3) is 4.82. The van der Waals surface area contributed by atoms with E-state index in [4.69, 9.17) is 10.2 Å². The molecule has 11 heteroatoms. The Morgan fingerprint density at radius 1 is 1.24 bits per heavy atom. The summed E-state index contributed by atoms with van der Waals surface area (Å²) in [6.07, 6.45) is 0. The molecule has 29 heavy (non-hydrogen) atoms. The van der Waals surface area contributed by atoms with Crippen molar-refractivity contribution in [2.75, 3.05) is 13.2 Å². The topological polar surface area (TPSA) is 177 Å². The normalized spacial score (nSPS) is 10.7. The number of pyridine rings is 1. The number of carboxylic acid groups (broad SMARTS) is 1. The van der Waals surface area contributed by atoms with Gasteiger partial charge in [0, 0.05) is 11.1 Å². The van der Waals surface area contributed by atoms with E-state index in [1.165, 1.54) is 31.2 Å². The SMILES string of the molecule is Cc1c(C#N)c(O)n(CCO)c(=O)c1N=Nc1ccc(C(=O)NCC(=O)O)cc1. The number of nitrogens with one attached hydrogen (secondary N) is 1. The Hall–Kier alpha value is -4.04. The number of aliphatic hydroxyl groups is 1. The Morgan fingerprint density at radius 3 is 2.45 bits per heavy atom. The molecule has 150 valence electrons. The molecule has 11 nitrogen and oxygen atoms in total. The number of aromatic nitrogens is 1. The van der Waals surface area contributed by atoms with Crippen LogP contribution in [-0.4, -0.2) is 44.9 Å². The van der Waals surface area contributed by atoms with Crippen LogP contribution >= 0.6 is 0 Å². The van der Waals surface area contributed by atoms with Crippen LogP contribution in [0.2, 0.25) is 0 Å². The monoisotopic (exact) mass is 399 g/mol. The number of aliphatic hydroxyl groups excluding tert-OH is 1. The van der Waals surface area contributed by atoms with E-state index in [0.717, 1.165) is 4.57 Å². The molecule has 0 radical (unpaired) electrons. The van der Waals surface area contributed by atoms with Gasteiger partial charge in [-0.2, -0.15) is 10.4 Å². The average molecular weight is 399 g/mol. The second-order valence-electron chi connectivity index (χ2n) is 5.79. The number of carboxylic acids is 1. The van der Waals surface area contributed by atoms with Crippen molar-refractivity contribution in [2.45, 2.75) is 13.5 Å². The van der Waals surface area contributed by atoms with Gasteiger partial charge >= 0.3 is 5.97 Å². The molecule has 2 aromatic rings. The molecule has 0 atom stereocenters. The van der Waals surface area contributed by atoms with Crippen molar-refractivity contribution in [2.24, 2.45) is 10.2 Å². The van der Waals surface area contributed by atoms with Crippen molar-refractivity contribution < 1.29 is 24.9 Å². The number of azo groups is 1. The fourth-order valence-corrected chi connectivity index (χ4v) is 2.41. The van der Waals surface area contributed by atoms with E-state index < -0.39 is 36.5 Å². The Bertz CT molecular complexity index is 1070.